The molecule has 3 N–H and O–H groups in total. The monoisotopic (exact) mass is 400 g/mol. The van der Waals surface area contributed by atoms with Crippen LogP contribution in [-0.4, -0.2) is 18.4 Å². The molecule has 0 spiro atoms. The number of fused-ring (bicyclic) bond motifs is 2. The van der Waals surface area contributed by atoms with Gasteiger partial charge in [-0.1, -0.05) is 42.9 Å². The number of aryl methyl sites for hydroxylation is 1. The van der Waals surface area contributed by atoms with Crippen LogP contribution in [0.25, 0.3) is 5.73 Å². The summed E-state index contributed by atoms with van der Waals surface area (Å²) in [5.74, 6) is 0.610. The summed E-state index contributed by atoms with van der Waals surface area (Å²) >= 11 is 0. The molecule has 4 rings (SSSR count). The summed E-state index contributed by atoms with van der Waals surface area (Å²) < 4.78 is 0. The molecule has 1 fully saturated rings. The van der Waals surface area contributed by atoms with Crippen molar-refractivity contribution < 1.29 is 37.5 Å². The van der Waals surface area contributed by atoms with E-state index in [0.29, 0.717) is 6.04 Å². The molecular formula is C19H25N3OY-2. The van der Waals surface area contributed by atoms with Crippen molar-refractivity contribution in [1.29, 1.82) is 0 Å². The first kappa shape index (κ1) is 19.6. The maximum Gasteiger partial charge on any atom is 0.158 e. The third-order valence-electron chi connectivity index (χ3n) is 5.03. The van der Waals surface area contributed by atoms with Gasteiger partial charge in [0.2, 0.25) is 0 Å². The van der Waals surface area contributed by atoms with Gasteiger partial charge in [-0.3, -0.25) is 4.79 Å². The first-order chi connectivity index (χ1) is 11.2. The molecular weight excluding hydrogens is 375 g/mol. The largest absolute Gasteiger partial charge is 0.482 e. The molecule has 1 radical (unpaired) electrons. The Labute approximate surface area is 169 Å². The fourth-order valence-corrected chi connectivity index (χ4v) is 3.91. The first-order valence-corrected chi connectivity index (χ1v) is 8.53. The van der Waals surface area contributed by atoms with Crippen LogP contribution < -0.4 is 10.6 Å². The summed E-state index contributed by atoms with van der Waals surface area (Å²) in [6, 6.07) is 9.49. The van der Waals surface area contributed by atoms with Crippen LogP contribution in [0.2, 0.25) is 0 Å². The maximum absolute atomic E-state index is 11.2. The second-order valence-electron chi connectivity index (χ2n) is 6.49. The third-order valence-corrected chi connectivity index (χ3v) is 5.03. The van der Waals surface area contributed by atoms with Crippen molar-refractivity contribution in [1.82, 2.24) is 10.6 Å². The van der Waals surface area contributed by atoms with Gasteiger partial charge in [0.1, 0.15) is 0 Å². The molecule has 1 aliphatic heterocycles. The maximum atomic E-state index is 11.2. The van der Waals surface area contributed by atoms with Gasteiger partial charge in [-0.2, -0.15) is 0 Å². The van der Waals surface area contributed by atoms with Gasteiger partial charge in [0.25, 0.3) is 0 Å². The smallest absolute Gasteiger partial charge is 0.158 e. The van der Waals surface area contributed by atoms with Crippen LogP contribution in [0.4, 0.5) is 0 Å². The Morgan fingerprint density at radius 2 is 2.04 bits per heavy atom. The van der Waals surface area contributed by atoms with Crippen LogP contribution in [0.3, 0.4) is 0 Å². The molecule has 0 aromatic heterocycles. The van der Waals surface area contributed by atoms with E-state index in [1.54, 1.807) is 0 Å². The number of nitrogens with one attached hydrogen (secondary N) is 3. The summed E-state index contributed by atoms with van der Waals surface area (Å²) in [7, 11) is 0. The van der Waals surface area contributed by atoms with Crippen molar-refractivity contribution in [3.05, 3.63) is 59.9 Å². The van der Waals surface area contributed by atoms with Crippen molar-refractivity contribution in [2.45, 2.75) is 44.2 Å². The SMILES string of the molecule is [CH2-]CNC1CCc2ccccc21.[NH-]C1=CC(=O)C2CCCC2N1.[Y]. The van der Waals surface area contributed by atoms with E-state index < -0.39 is 0 Å². The second kappa shape index (κ2) is 9.12. The van der Waals surface area contributed by atoms with Gasteiger partial charge in [-0.05, 0) is 42.5 Å². The second-order valence-corrected chi connectivity index (χ2v) is 6.49. The van der Waals surface area contributed by atoms with E-state index in [4.69, 9.17) is 5.73 Å². The van der Waals surface area contributed by atoms with Crippen LogP contribution in [0.5, 0.6) is 0 Å². The number of rotatable bonds is 2. The standard InChI is InChI=1S/C11H14N.C8H12N2O.Y/c1-2-12-11-8-7-9-5-3-4-6-10(9)11;9-8-4-7(11)5-2-1-3-6(5)10-8;/h3-6,11-12H,1-2,7-8H2;4-6H,1-3H2,(H3,9,10,11);/q-1;;/p-1. The fourth-order valence-electron chi connectivity index (χ4n) is 3.91. The average molecular weight is 400 g/mol. The van der Waals surface area contributed by atoms with Gasteiger partial charge in [0.15, 0.2) is 5.78 Å². The molecule has 1 heterocycles. The Balaban J connectivity index is 0.000000167. The molecule has 0 amide bonds. The third kappa shape index (κ3) is 4.47. The van der Waals surface area contributed by atoms with E-state index in [0.717, 1.165) is 25.8 Å². The Hall–Kier alpha value is -0.706. The van der Waals surface area contributed by atoms with Gasteiger partial charge < -0.3 is 23.3 Å². The molecule has 127 valence electrons. The summed E-state index contributed by atoms with van der Waals surface area (Å²) in [4.78, 5) is 11.2. The predicted octanol–water partition coefficient (Wildman–Crippen LogP) is 3.32. The Kier molecular flexibility index (Phi) is 7.45. The Bertz CT molecular complexity index is 600. The minimum atomic E-state index is 0. The van der Waals surface area contributed by atoms with E-state index in [1.165, 1.54) is 30.0 Å². The molecule has 4 nitrogen and oxygen atoms in total. The number of hydrogen-bond acceptors (Lipinski definition) is 3. The average Bonchev–Trinajstić information content (AvgIpc) is 3.16. The van der Waals surface area contributed by atoms with Gasteiger partial charge in [0, 0.05) is 44.7 Å². The zero-order chi connectivity index (χ0) is 16.2. The zero-order valence-corrected chi connectivity index (χ0v) is 16.9. The minimum Gasteiger partial charge on any atom is -0.482 e. The number of carbonyl (C=O) groups is 1. The quantitative estimate of drug-likeness (QED) is 0.749. The molecule has 24 heavy (non-hydrogen) atoms. The fraction of sp³-hybridized carbons (Fsp3) is 0.474. The Morgan fingerprint density at radius 1 is 1.25 bits per heavy atom. The first-order valence-electron chi connectivity index (χ1n) is 8.53. The molecule has 0 bridgehead atoms. The summed E-state index contributed by atoms with van der Waals surface area (Å²) in [5, 5.41) is 6.41. The van der Waals surface area contributed by atoms with Gasteiger partial charge in [0.05, 0.1) is 0 Å². The molecule has 3 unspecified atom stereocenters. The molecule has 3 aliphatic rings. The molecule has 3 atom stereocenters. The minimum absolute atomic E-state index is 0. The topological polar surface area (TPSA) is 64.9 Å². The van der Waals surface area contributed by atoms with E-state index in [9.17, 15) is 4.79 Å². The van der Waals surface area contributed by atoms with Crippen LogP contribution in [0.15, 0.2) is 36.2 Å². The van der Waals surface area contributed by atoms with Gasteiger partial charge >= 0.3 is 0 Å². The summed E-state index contributed by atoms with van der Waals surface area (Å²) in [6.07, 6.45) is 7.03. The van der Waals surface area contributed by atoms with Crippen molar-refractivity contribution in [2.75, 3.05) is 6.54 Å². The molecule has 2 aliphatic carbocycles. The van der Waals surface area contributed by atoms with Crippen molar-refractivity contribution >= 4 is 5.78 Å². The molecule has 1 saturated carbocycles. The molecule has 1 aromatic rings. The van der Waals surface area contributed by atoms with Gasteiger partial charge in [-0.15, -0.1) is 6.54 Å². The van der Waals surface area contributed by atoms with Crippen LogP contribution >= 0.6 is 0 Å². The molecule has 0 saturated heterocycles. The number of ketones is 1. The predicted molar refractivity (Wildman–Crippen MR) is 92.5 cm³/mol. The van der Waals surface area contributed by atoms with E-state index in [1.807, 2.05) is 0 Å². The van der Waals surface area contributed by atoms with Crippen molar-refractivity contribution in [3.63, 3.8) is 0 Å². The summed E-state index contributed by atoms with van der Waals surface area (Å²) in [6.45, 7) is 4.63. The molecule has 1 aromatic carbocycles. The summed E-state index contributed by atoms with van der Waals surface area (Å²) in [5.41, 5.74) is 10.3. The molecule has 5 heteroatoms. The van der Waals surface area contributed by atoms with Crippen molar-refractivity contribution in [2.24, 2.45) is 5.92 Å². The zero-order valence-electron chi connectivity index (χ0n) is 14.1. The number of allylic oxidation sites excluding steroid dienone is 1. The van der Waals surface area contributed by atoms with E-state index in [-0.39, 0.29) is 56.3 Å². The number of hydrogen-bond donors (Lipinski definition) is 2. The van der Waals surface area contributed by atoms with Crippen LogP contribution in [0.1, 0.15) is 42.9 Å². The number of carbonyl (C=O) groups excluding carboxylic acids is 1. The van der Waals surface area contributed by atoms with Crippen LogP contribution in [-0.2, 0) is 43.9 Å². The number of benzene rings is 1. The van der Waals surface area contributed by atoms with E-state index >= 15 is 0 Å². The van der Waals surface area contributed by atoms with E-state index in [2.05, 4.69) is 41.8 Å². The van der Waals surface area contributed by atoms with Gasteiger partial charge in [-0.25, -0.2) is 0 Å². The van der Waals surface area contributed by atoms with Crippen molar-refractivity contribution in [3.8, 4) is 0 Å². The normalized spacial score (nSPS) is 27.0. The Morgan fingerprint density at radius 3 is 2.83 bits per heavy atom. The van der Waals surface area contributed by atoms with Crippen LogP contribution in [0, 0.1) is 12.8 Å².